The molecule has 0 fully saturated rings. The Morgan fingerprint density at radius 1 is 1.40 bits per heavy atom. The molecule has 0 aliphatic carbocycles. The number of benzene rings is 1. The van der Waals surface area contributed by atoms with Gasteiger partial charge >= 0.3 is 5.97 Å². The Labute approximate surface area is 89.8 Å². The molecule has 1 aromatic carbocycles. The van der Waals surface area contributed by atoms with Gasteiger partial charge in [-0.25, -0.2) is 4.79 Å². The number of carbonyl (C=O) groups is 1. The van der Waals surface area contributed by atoms with Crippen molar-refractivity contribution in [2.75, 3.05) is 20.2 Å². The zero-order chi connectivity index (χ0) is 10.9. The zero-order valence-corrected chi connectivity index (χ0v) is 8.77. The van der Waals surface area contributed by atoms with E-state index in [9.17, 15) is 4.79 Å². The van der Waals surface area contributed by atoms with Crippen LogP contribution in [-0.4, -0.2) is 26.2 Å². The lowest BCUT2D eigenvalue weighted by molar-refractivity contribution is -0.137. The molecule has 3 nitrogen and oxygen atoms in total. The summed E-state index contributed by atoms with van der Waals surface area (Å²) in [5.74, 6) is -0.311. The van der Waals surface area contributed by atoms with Crippen molar-refractivity contribution in [1.29, 1.82) is 0 Å². The minimum absolute atomic E-state index is 0.311. The first-order valence-corrected chi connectivity index (χ1v) is 4.87. The Hall–Kier alpha value is -1.61. The number of carbonyl (C=O) groups excluding carboxylic acids is 1. The van der Waals surface area contributed by atoms with E-state index >= 15 is 0 Å². The van der Waals surface area contributed by atoms with Gasteiger partial charge in [0.1, 0.15) is 6.61 Å². The fourth-order valence-corrected chi connectivity index (χ4v) is 1.03. The van der Waals surface area contributed by atoms with Crippen molar-refractivity contribution in [1.82, 2.24) is 5.32 Å². The Morgan fingerprint density at radius 2 is 2.13 bits per heavy atom. The molecule has 0 bridgehead atoms. The first kappa shape index (κ1) is 11.5. The van der Waals surface area contributed by atoms with Crippen LogP contribution < -0.4 is 5.32 Å². The van der Waals surface area contributed by atoms with Gasteiger partial charge in [0, 0.05) is 12.6 Å². The summed E-state index contributed by atoms with van der Waals surface area (Å²) in [5.41, 5.74) is 0.989. The van der Waals surface area contributed by atoms with Gasteiger partial charge in [-0.05, 0) is 18.7 Å². The topological polar surface area (TPSA) is 38.3 Å². The molecular weight excluding hydrogens is 190 g/mol. The molecular formula is C12H15NO2. The first-order valence-electron chi connectivity index (χ1n) is 4.87. The van der Waals surface area contributed by atoms with Gasteiger partial charge in [-0.2, -0.15) is 0 Å². The summed E-state index contributed by atoms with van der Waals surface area (Å²) in [7, 11) is 1.81. The molecule has 0 unspecified atom stereocenters. The van der Waals surface area contributed by atoms with Gasteiger partial charge in [0.05, 0.1) is 0 Å². The number of ether oxygens (including phenoxy) is 1. The Kier molecular flexibility index (Phi) is 5.19. The smallest absolute Gasteiger partial charge is 0.330 e. The Morgan fingerprint density at radius 3 is 2.80 bits per heavy atom. The van der Waals surface area contributed by atoms with Gasteiger partial charge in [-0.15, -0.1) is 0 Å². The third-order valence-electron chi connectivity index (χ3n) is 1.81. The van der Waals surface area contributed by atoms with Crippen LogP contribution in [0.3, 0.4) is 0 Å². The largest absolute Gasteiger partial charge is 0.461 e. The highest BCUT2D eigenvalue weighted by atomic mass is 16.5. The van der Waals surface area contributed by atoms with E-state index in [1.807, 2.05) is 37.4 Å². The molecule has 1 N–H and O–H groups in total. The van der Waals surface area contributed by atoms with Gasteiger partial charge in [0.15, 0.2) is 0 Å². The van der Waals surface area contributed by atoms with E-state index in [1.165, 1.54) is 6.08 Å². The van der Waals surface area contributed by atoms with Crippen molar-refractivity contribution < 1.29 is 9.53 Å². The lowest BCUT2D eigenvalue weighted by atomic mass is 10.2. The molecule has 0 aliphatic heterocycles. The summed E-state index contributed by atoms with van der Waals surface area (Å²) >= 11 is 0. The summed E-state index contributed by atoms with van der Waals surface area (Å²) in [6.07, 6.45) is 3.17. The fraction of sp³-hybridized carbons (Fsp3) is 0.250. The molecule has 0 radical (unpaired) electrons. The second-order valence-electron chi connectivity index (χ2n) is 3.02. The second kappa shape index (κ2) is 6.79. The van der Waals surface area contributed by atoms with Crippen molar-refractivity contribution in [2.24, 2.45) is 0 Å². The average molecular weight is 205 g/mol. The fourth-order valence-electron chi connectivity index (χ4n) is 1.03. The number of likely N-dealkylation sites (N-methyl/N-ethyl adjacent to an activating group) is 1. The van der Waals surface area contributed by atoms with Gasteiger partial charge in [0.2, 0.25) is 0 Å². The Balaban J connectivity index is 2.34. The molecule has 0 saturated heterocycles. The van der Waals surface area contributed by atoms with E-state index in [1.54, 1.807) is 6.08 Å². The van der Waals surface area contributed by atoms with Gasteiger partial charge in [-0.3, -0.25) is 0 Å². The molecule has 0 heterocycles. The van der Waals surface area contributed by atoms with Gasteiger partial charge in [0.25, 0.3) is 0 Å². The van der Waals surface area contributed by atoms with E-state index < -0.39 is 0 Å². The molecule has 0 spiro atoms. The Bertz CT molecular complexity index is 320. The molecule has 1 aromatic rings. The molecule has 0 aliphatic rings. The number of nitrogens with one attached hydrogen (secondary N) is 1. The molecule has 3 heteroatoms. The van der Waals surface area contributed by atoms with Crippen LogP contribution in [0, 0.1) is 0 Å². The van der Waals surface area contributed by atoms with Crippen LogP contribution in [0.5, 0.6) is 0 Å². The third kappa shape index (κ3) is 4.98. The van der Waals surface area contributed by atoms with E-state index in [0.29, 0.717) is 13.2 Å². The van der Waals surface area contributed by atoms with E-state index in [-0.39, 0.29) is 5.97 Å². The summed E-state index contributed by atoms with van der Waals surface area (Å²) in [6, 6.07) is 9.63. The predicted octanol–water partition coefficient (Wildman–Crippen LogP) is 1.46. The minimum Gasteiger partial charge on any atom is -0.461 e. The van der Waals surface area contributed by atoms with Crippen molar-refractivity contribution in [3.8, 4) is 0 Å². The molecule has 1 rings (SSSR count). The number of esters is 1. The van der Waals surface area contributed by atoms with Crippen LogP contribution >= 0.6 is 0 Å². The van der Waals surface area contributed by atoms with Crippen molar-refractivity contribution in [3.63, 3.8) is 0 Å². The SMILES string of the molecule is CNCCOC(=O)/C=C/c1ccccc1. The van der Waals surface area contributed by atoms with Gasteiger partial charge in [-0.1, -0.05) is 30.3 Å². The number of hydrogen-bond acceptors (Lipinski definition) is 3. The van der Waals surface area contributed by atoms with E-state index in [2.05, 4.69) is 5.32 Å². The van der Waals surface area contributed by atoms with Crippen LogP contribution in [-0.2, 0) is 9.53 Å². The molecule has 0 atom stereocenters. The monoisotopic (exact) mass is 205 g/mol. The first-order chi connectivity index (χ1) is 7.33. The normalized spacial score (nSPS) is 10.5. The maximum Gasteiger partial charge on any atom is 0.330 e. The van der Waals surface area contributed by atoms with Crippen LogP contribution in [0.4, 0.5) is 0 Å². The maximum absolute atomic E-state index is 11.2. The zero-order valence-electron chi connectivity index (χ0n) is 8.77. The highest BCUT2D eigenvalue weighted by Crippen LogP contribution is 2.00. The highest BCUT2D eigenvalue weighted by Gasteiger charge is 1.94. The van der Waals surface area contributed by atoms with Crippen LogP contribution in [0.25, 0.3) is 6.08 Å². The summed E-state index contributed by atoms with van der Waals surface area (Å²) in [6.45, 7) is 1.07. The minimum atomic E-state index is -0.311. The summed E-state index contributed by atoms with van der Waals surface area (Å²) in [4.78, 5) is 11.2. The van der Waals surface area contributed by atoms with E-state index in [4.69, 9.17) is 4.74 Å². The third-order valence-corrected chi connectivity index (χ3v) is 1.81. The van der Waals surface area contributed by atoms with Crippen molar-refractivity contribution in [2.45, 2.75) is 0 Å². The lowest BCUT2D eigenvalue weighted by Crippen LogP contribution is -2.16. The molecule has 0 saturated carbocycles. The average Bonchev–Trinajstić information content (AvgIpc) is 2.28. The van der Waals surface area contributed by atoms with Crippen molar-refractivity contribution >= 4 is 12.0 Å². The van der Waals surface area contributed by atoms with Crippen molar-refractivity contribution in [3.05, 3.63) is 42.0 Å². The number of hydrogen-bond donors (Lipinski definition) is 1. The van der Waals surface area contributed by atoms with Gasteiger partial charge < -0.3 is 10.1 Å². The second-order valence-corrected chi connectivity index (χ2v) is 3.02. The quantitative estimate of drug-likeness (QED) is 0.449. The lowest BCUT2D eigenvalue weighted by Gasteiger charge is -1.99. The molecule has 15 heavy (non-hydrogen) atoms. The van der Waals surface area contributed by atoms with Crippen LogP contribution in [0.15, 0.2) is 36.4 Å². The molecule has 0 amide bonds. The van der Waals surface area contributed by atoms with Crippen LogP contribution in [0.2, 0.25) is 0 Å². The highest BCUT2D eigenvalue weighted by molar-refractivity contribution is 5.86. The predicted molar refractivity (Wildman–Crippen MR) is 60.4 cm³/mol. The summed E-state index contributed by atoms with van der Waals surface area (Å²) in [5, 5.41) is 2.90. The summed E-state index contributed by atoms with van der Waals surface area (Å²) < 4.78 is 4.92. The maximum atomic E-state index is 11.2. The molecule has 0 aromatic heterocycles. The van der Waals surface area contributed by atoms with Crippen LogP contribution in [0.1, 0.15) is 5.56 Å². The molecule has 80 valence electrons. The standard InChI is InChI=1S/C12H15NO2/c1-13-9-10-15-12(14)8-7-11-5-3-2-4-6-11/h2-8,13H,9-10H2,1H3/b8-7+. The van der Waals surface area contributed by atoms with E-state index in [0.717, 1.165) is 5.56 Å². The number of rotatable bonds is 5.